The molecule has 0 spiro atoms. The number of hydrogen-bond donors (Lipinski definition) is 4. The second-order valence-electron chi connectivity index (χ2n) is 10.1. The number of rotatable bonds is 8. The van der Waals surface area contributed by atoms with E-state index in [1.807, 2.05) is 0 Å². The predicted octanol–water partition coefficient (Wildman–Crippen LogP) is 2.42. The van der Waals surface area contributed by atoms with Gasteiger partial charge in [-0.15, -0.1) is 0 Å². The molecule has 1 aromatic carbocycles. The molecule has 35 heavy (non-hydrogen) atoms. The third-order valence-electron chi connectivity index (χ3n) is 5.87. The Bertz CT molecular complexity index is 936. The molecule has 10 heteroatoms. The largest absolute Gasteiger partial charge is 0.508 e. The van der Waals surface area contributed by atoms with E-state index in [9.17, 15) is 24.3 Å². The molecule has 1 fully saturated rings. The summed E-state index contributed by atoms with van der Waals surface area (Å²) >= 11 is 0. The highest BCUT2D eigenvalue weighted by atomic mass is 16.6. The number of benzene rings is 1. The minimum absolute atomic E-state index is 0.00164. The molecule has 10 nitrogen and oxygen atoms in total. The number of nitrogens with one attached hydrogen (secondary N) is 2. The van der Waals surface area contributed by atoms with Crippen LogP contribution in [0.4, 0.5) is 4.79 Å². The first kappa shape index (κ1) is 27.9. The first-order valence-corrected chi connectivity index (χ1v) is 11.9. The molecule has 0 bridgehead atoms. The Balaban J connectivity index is 2.34. The number of likely N-dealkylation sites (N-methyl/N-ethyl adjacent to an activating group) is 1. The monoisotopic (exact) mass is 490 g/mol. The third-order valence-corrected chi connectivity index (χ3v) is 5.87. The Kier molecular flexibility index (Phi) is 9.50. The molecule has 1 saturated carbocycles. The highest BCUT2D eigenvalue weighted by Gasteiger charge is 2.35. The number of nitrogens with two attached hydrogens (primary N) is 1. The lowest BCUT2D eigenvalue weighted by Gasteiger charge is -2.33. The molecule has 0 heterocycles. The highest BCUT2D eigenvalue weighted by Crippen LogP contribution is 2.27. The van der Waals surface area contributed by atoms with Crippen LogP contribution in [0, 0.1) is 6.92 Å². The van der Waals surface area contributed by atoms with Crippen LogP contribution in [-0.4, -0.2) is 58.6 Å². The number of aromatic hydroxyl groups is 1. The number of ether oxygens (including phenoxy) is 1. The number of carbonyl (C=O) groups excluding carboxylic acids is 4. The minimum atomic E-state index is -1.32. The second-order valence-corrected chi connectivity index (χ2v) is 10.1. The van der Waals surface area contributed by atoms with Gasteiger partial charge in [-0.1, -0.05) is 25.3 Å². The van der Waals surface area contributed by atoms with Gasteiger partial charge in [0.15, 0.2) is 0 Å². The summed E-state index contributed by atoms with van der Waals surface area (Å²) in [4.78, 5) is 52.1. The van der Waals surface area contributed by atoms with Crippen LogP contribution < -0.4 is 16.4 Å². The maximum Gasteiger partial charge on any atom is 0.408 e. The van der Waals surface area contributed by atoms with Crippen molar-refractivity contribution in [3.05, 3.63) is 29.3 Å². The van der Waals surface area contributed by atoms with E-state index in [2.05, 4.69) is 10.6 Å². The van der Waals surface area contributed by atoms with Crippen LogP contribution in [0.25, 0.3) is 0 Å². The number of carbonyl (C=O) groups is 4. The molecule has 0 saturated heterocycles. The molecule has 2 atom stereocenters. The summed E-state index contributed by atoms with van der Waals surface area (Å²) in [5, 5.41) is 15.4. The SMILES string of the molecule is Cc1cc(C(C(=O)NC2CCCCC2)N(C)C(=O)C(CC(N)=O)NC(=O)OC(C)(C)C)ccc1O. The third kappa shape index (κ3) is 8.45. The van der Waals surface area contributed by atoms with Gasteiger partial charge >= 0.3 is 6.09 Å². The van der Waals surface area contributed by atoms with Gasteiger partial charge in [0, 0.05) is 13.1 Å². The van der Waals surface area contributed by atoms with Crippen molar-refractivity contribution in [2.24, 2.45) is 5.73 Å². The fourth-order valence-electron chi connectivity index (χ4n) is 4.15. The van der Waals surface area contributed by atoms with E-state index < -0.39 is 42.0 Å². The van der Waals surface area contributed by atoms with Crippen molar-refractivity contribution in [1.82, 2.24) is 15.5 Å². The van der Waals surface area contributed by atoms with Crippen LogP contribution in [0.2, 0.25) is 0 Å². The topological polar surface area (TPSA) is 151 Å². The number of phenolic OH excluding ortho intramolecular Hbond substituents is 1. The quantitative estimate of drug-likeness (QED) is 0.439. The highest BCUT2D eigenvalue weighted by molar-refractivity contribution is 5.94. The number of hydrogen-bond acceptors (Lipinski definition) is 6. The molecule has 0 aromatic heterocycles. The van der Waals surface area contributed by atoms with Gasteiger partial charge in [0.1, 0.15) is 23.4 Å². The van der Waals surface area contributed by atoms with Crippen LogP contribution in [-0.2, 0) is 19.1 Å². The van der Waals surface area contributed by atoms with Crippen LogP contribution >= 0.6 is 0 Å². The standard InChI is InChI=1S/C25H38N4O6/c1-15-13-16(11-12-19(15)30)21(22(32)27-17-9-7-6-8-10-17)29(5)23(33)18(14-20(26)31)28-24(34)35-25(2,3)4/h11-13,17-18,21,30H,6-10,14H2,1-5H3,(H2,26,31)(H,27,32)(H,28,34). The zero-order chi connectivity index (χ0) is 26.3. The van der Waals surface area contributed by atoms with Crippen molar-refractivity contribution in [2.75, 3.05) is 7.05 Å². The molecule has 0 aliphatic heterocycles. The zero-order valence-corrected chi connectivity index (χ0v) is 21.2. The Morgan fingerprint density at radius 1 is 1.17 bits per heavy atom. The lowest BCUT2D eigenvalue weighted by molar-refractivity contribution is -0.142. The maximum atomic E-state index is 13.5. The number of nitrogens with zero attached hydrogens (tertiary/aromatic N) is 1. The van der Waals surface area contributed by atoms with E-state index in [4.69, 9.17) is 10.5 Å². The Morgan fingerprint density at radius 3 is 2.34 bits per heavy atom. The first-order valence-electron chi connectivity index (χ1n) is 11.9. The Labute approximate surface area is 206 Å². The maximum absolute atomic E-state index is 13.5. The van der Waals surface area contributed by atoms with Gasteiger partial charge in [-0.3, -0.25) is 14.4 Å². The average Bonchev–Trinajstić information content (AvgIpc) is 2.74. The lowest BCUT2D eigenvalue weighted by atomic mass is 9.94. The normalized spacial score (nSPS) is 16.0. The van der Waals surface area contributed by atoms with E-state index >= 15 is 0 Å². The number of alkyl carbamates (subject to hydrolysis) is 1. The van der Waals surface area contributed by atoms with E-state index in [1.165, 1.54) is 18.0 Å². The molecule has 4 amide bonds. The van der Waals surface area contributed by atoms with Gasteiger partial charge in [0.25, 0.3) is 0 Å². The van der Waals surface area contributed by atoms with Crippen molar-refractivity contribution >= 4 is 23.8 Å². The fraction of sp³-hybridized carbons (Fsp3) is 0.600. The van der Waals surface area contributed by atoms with Crippen molar-refractivity contribution < 1.29 is 29.0 Å². The van der Waals surface area contributed by atoms with Gasteiger partial charge < -0.3 is 31.1 Å². The summed E-state index contributed by atoms with van der Waals surface area (Å²) in [5.41, 5.74) is 5.54. The fourth-order valence-corrected chi connectivity index (χ4v) is 4.15. The van der Waals surface area contributed by atoms with Gasteiger partial charge in [-0.05, 0) is 63.8 Å². The van der Waals surface area contributed by atoms with Crippen LogP contribution in [0.15, 0.2) is 18.2 Å². The van der Waals surface area contributed by atoms with Gasteiger partial charge in [-0.2, -0.15) is 0 Å². The van der Waals surface area contributed by atoms with E-state index in [-0.39, 0.29) is 17.7 Å². The molecule has 2 unspecified atom stereocenters. The number of primary amides is 1. The summed E-state index contributed by atoms with van der Waals surface area (Å²) in [6, 6.07) is 2.29. The van der Waals surface area contributed by atoms with Crippen molar-refractivity contribution in [3.63, 3.8) is 0 Å². The zero-order valence-electron chi connectivity index (χ0n) is 21.2. The predicted molar refractivity (Wildman–Crippen MR) is 130 cm³/mol. The van der Waals surface area contributed by atoms with Crippen LogP contribution in [0.3, 0.4) is 0 Å². The number of phenols is 1. The summed E-state index contributed by atoms with van der Waals surface area (Å²) in [6.07, 6.45) is 3.52. The molecule has 194 valence electrons. The van der Waals surface area contributed by atoms with Crippen molar-refractivity contribution in [3.8, 4) is 5.75 Å². The van der Waals surface area contributed by atoms with Crippen molar-refractivity contribution in [2.45, 2.75) is 89.9 Å². The second kappa shape index (κ2) is 11.9. The Hall–Kier alpha value is -3.30. The van der Waals surface area contributed by atoms with Crippen molar-refractivity contribution in [1.29, 1.82) is 0 Å². The number of amides is 4. The summed E-state index contributed by atoms with van der Waals surface area (Å²) in [6.45, 7) is 6.70. The molecule has 1 aliphatic rings. The lowest BCUT2D eigenvalue weighted by Crippen LogP contribution is -2.53. The average molecular weight is 491 g/mol. The summed E-state index contributed by atoms with van der Waals surface area (Å²) < 4.78 is 5.22. The first-order chi connectivity index (χ1) is 16.3. The van der Waals surface area contributed by atoms with Gasteiger partial charge in [-0.25, -0.2) is 4.79 Å². The summed E-state index contributed by atoms with van der Waals surface area (Å²) in [7, 11) is 1.43. The van der Waals surface area contributed by atoms with Gasteiger partial charge in [0.2, 0.25) is 17.7 Å². The van der Waals surface area contributed by atoms with E-state index in [0.717, 1.165) is 32.1 Å². The van der Waals surface area contributed by atoms with E-state index in [1.54, 1.807) is 39.8 Å². The molecule has 1 aliphatic carbocycles. The molecule has 5 N–H and O–H groups in total. The van der Waals surface area contributed by atoms with Gasteiger partial charge in [0.05, 0.1) is 6.42 Å². The molecule has 2 rings (SSSR count). The van der Waals surface area contributed by atoms with E-state index in [0.29, 0.717) is 11.1 Å². The van der Waals surface area contributed by atoms with Crippen LogP contribution in [0.5, 0.6) is 5.75 Å². The molecule has 0 radical (unpaired) electrons. The molecular weight excluding hydrogens is 452 g/mol. The smallest absolute Gasteiger partial charge is 0.408 e. The molecular formula is C25H38N4O6. The number of aryl methyl sites for hydroxylation is 1. The summed E-state index contributed by atoms with van der Waals surface area (Å²) in [5.74, 6) is -1.79. The van der Waals surface area contributed by atoms with Crippen LogP contribution in [0.1, 0.15) is 76.5 Å². The Morgan fingerprint density at radius 2 is 1.80 bits per heavy atom. The minimum Gasteiger partial charge on any atom is -0.508 e. The molecule has 1 aromatic rings.